The first-order valence-corrected chi connectivity index (χ1v) is 7.37. The molecule has 20 heavy (non-hydrogen) atoms. The predicted molar refractivity (Wildman–Crippen MR) is 74.9 cm³/mol. The highest BCUT2D eigenvalue weighted by Gasteiger charge is 1.97. The predicted octanol–water partition coefficient (Wildman–Crippen LogP) is 1.40. The van der Waals surface area contributed by atoms with E-state index in [2.05, 4.69) is 4.98 Å². The highest BCUT2D eigenvalue weighted by Crippen LogP contribution is 2.08. The summed E-state index contributed by atoms with van der Waals surface area (Å²) in [5.74, 6) is 0. The number of aromatic amines is 1. The standard InChI is InChI=1S/C7H8O3S.C5H5N.C2H6O/c1-6-2-4-7(5-3-6)11(8,9)10;1-2-4-6-5-3-1;1-2-3/h2-5H,1H3,(H,8,9,10);1-5H;3H,2H2,1H3. The second-order valence-corrected chi connectivity index (χ2v) is 5.04. The van der Waals surface area contributed by atoms with Gasteiger partial charge in [0.2, 0.25) is 0 Å². The molecular formula is C14H19NO4S. The van der Waals surface area contributed by atoms with Crippen LogP contribution in [-0.2, 0) is 10.1 Å². The average Bonchev–Trinajstić information content (AvgIpc) is 2.42. The average molecular weight is 297 g/mol. The molecule has 5 nitrogen and oxygen atoms in total. The molecule has 0 amide bonds. The van der Waals surface area contributed by atoms with Crippen molar-refractivity contribution in [3.8, 4) is 0 Å². The van der Waals surface area contributed by atoms with Crippen LogP contribution >= 0.6 is 0 Å². The molecule has 6 heteroatoms. The van der Waals surface area contributed by atoms with E-state index in [1.807, 2.05) is 37.5 Å². The molecule has 2 aromatic rings. The third-order valence-corrected chi connectivity index (χ3v) is 2.77. The summed E-state index contributed by atoms with van der Waals surface area (Å²) in [4.78, 5) is 2.71. The first-order chi connectivity index (χ1) is 9.41. The summed E-state index contributed by atoms with van der Waals surface area (Å²) >= 11 is 0. The molecule has 0 aliphatic rings. The van der Waals surface area contributed by atoms with Crippen molar-refractivity contribution in [3.63, 3.8) is 0 Å². The molecule has 110 valence electrons. The monoisotopic (exact) mass is 297 g/mol. The second-order valence-electron chi connectivity index (χ2n) is 3.66. The highest BCUT2D eigenvalue weighted by atomic mass is 32.2. The van der Waals surface area contributed by atoms with Gasteiger partial charge in [-0.3, -0.25) is 0 Å². The van der Waals surface area contributed by atoms with E-state index in [1.165, 1.54) is 12.1 Å². The Balaban J connectivity index is 0.000000336. The Labute approximate surface area is 119 Å². The molecule has 0 saturated heterocycles. The number of H-pyrrole nitrogens is 1. The van der Waals surface area contributed by atoms with Crippen LogP contribution in [-0.4, -0.2) is 24.7 Å². The third-order valence-electron chi connectivity index (χ3n) is 1.92. The van der Waals surface area contributed by atoms with Crippen molar-refractivity contribution in [1.29, 1.82) is 0 Å². The van der Waals surface area contributed by atoms with Crippen LogP contribution < -0.4 is 4.98 Å². The van der Waals surface area contributed by atoms with Crippen molar-refractivity contribution in [3.05, 3.63) is 60.4 Å². The van der Waals surface area contributed by atoms with Crippen molar-refractivity contribution in [2.75, 3.05) is 6.61 Å². The number of nitrogens with one attached hydrogen (secondary N) is 1. The summed E-state index contributed by atoms with van der Waals surface area (Å²) in [6.07, 6.45) is 3.75. The maximum atomic E-state index is 10.4. The Morgan fingerprint density at radius 2 is 1.55 bits per heavy atom. The largest absolute Gasteiger partial charge is 0.744 e. The van der Waals surface area contributed by atoms with Gasteiger partial charge >= 0.3 is 0 Å². The number of aryl methyl sites for hydroxylation is 1. The molecule has 0 fully saturated rings. The van der Waals surface area contributed by atoms with Crippen molar-refractivity contribution in [2.24, 2.45) is 0 Å². The quantitative estimate of drug-likeness (QED) is 0.805. The molecule has 1 heterocycles. The number of benzene rings is 1. The van der Waals surface area contributed by atoms with Crippen LogP contribution in [0.1, 0.15) is 12.5 Å². The second kappa shape index (κ2) is 10.1. The normalized spacial score (nSPS) is 9.60. The van der Waals surface area contributed by atoms with Gasteiger partial charge in [0.25, 0.3) is 0 Å². The lowest BCUT2D eigenvalue weighted by Crippen LogP contribution is -1.97. The minimum Gasteiger partial charge on any atom is -0.744 e. The number of rotatable bonds is 1. The number of aliphatic hydroxyl groups is 1. The SMILES string of the molecule is CCO.Cc1ccc(S(=O)(=O)[O-])cc1.c1cc[nH+]cc1. The first kappa shape index (κ1) is 18.2. The fourth-order valence-electron chi connectivity index (χ4n) is 1.05. The molecule has 0 aliphatic carbocycles. The number of hydrogen-bond acceptors (Lipinski definition) is 4. The lowest BCUT2D eigenvalue weighted by atomic mass is 10.2. The number of aromatic nitrogens is 1. The van der Waals surface area contributed by atoms with Gasteiger partial charge in [-0.15, -0.1) is 0 Å². The Kier molecular flexibility index (Phi) is 9.19. The molecule has 0 saturated carbocycles. The van der Waals surface area contributed by atoms with Crippen LogP contribution in [0.15, 0.2) is 59.8 Å². The molecule has 0 atom stereocenters. The third kappa shape index (κ3) is 9.21. The summed E-state index contributed by atoms with van der Waals surface area (Å²) in [6.45, 7) is 3.75. The van der Waals surface area contributed by atoms with E-state index in [4.69, 9.17) is 5.11 Å². The molecule has 0 bridgehead atoms. The zero-order valence-corrected chi connectivity index (χ0v) is 12.3. The lowest BCUT2D eigenvalue weighted by Gasteiger charge is -2.05. The van der Waals surface area contributed by atoms with E-state index in [-0.39, 0.29) is 11.5 Å². The fourth-order valence-corrected chi connectivity index (χ4v) is 1.52. The minimum atomic E-state index is -4.27. The Bertz CT molecular complexity index is 527. The lowest BCUT2D eigenvalue weighted by molar-refractivity contribution is -0.377. The van der Waals surface area contributed by atoms with Crippen LogP contribution in [0.5, 0.6) is 0 Å². The molecular weight excluding hydrogens is 278 g/mol. The number of pyridine rings is 1. The first-order valence-electron chi connectivity index (χ1n) is 5.96. The zero-order chi connectivity index (χ0) is 15.4. The number of aliphatic hydroxyl groups excluding tert-OH is 1. The molecule has 1 aromatic carbocycles. The van der Waals surface area contributed by atoms with Crippen LogP contribution in [0, 0.1) is 6.92 Å². The fraction of sp³-hybridized carbons (Fsp3) is 0.214. The van der Waals surface area contributed by atoms with Crippen molar-refractivity contribution >= 4 is 10.1 Å². The van der Waals surface area contributed by atoms with Crippen molar-refractivity contribution in [2.45, 2.75) is 18.7 Å². The van der Waals surface area contributed by atoms with Gasteiger partial charge in [0.15, 0.2) is 12.4 Å². The van der Waals surface area contributed by atoms with Gasteiger partial charge in [-0.25, -0.2) is 13.4 Å². The van der Waals surface area contributed by atoms with E-state index in [1.54, 1.807) is 19.1 Å². The molecule has 0 radical (unpaired) electrons. The van der Waals surface area contributed by atoms with E-state index < -0.39 is 10.1 Å². The Morgan fingerprint density at radius 1 is 1.10 bits per heavy atom. The topological polar surface area (TPSA) is 91.6 Å². The van der Waals surface area contributed by atoms with Crippen molar-refractivity contribution < 1.29 is 23.1 Å². The van der Waals surface area contributed by atoms with Crippen LogP contribution in [0.4, 0.5) is 0 Å². The van der Waals surface area contributed by atoms with Crippen molar-refractivity contribution in [1.82, 2.24) is 0 Å². The van der Waals surface area contributed by atoms with E-state index in [9.17, 15) is 13.0 Å². The summed E-state index contributed by atoms with van der Waals surface area (Å²) in [7, 11) is -4.27. The van der Waals surface area contributed by atoms with Gasteiger partial charge in [-0.05, 0) is 26.0 Å². The zero-order valence-electron chi connectivity index (χ0n) is 11.5. The van der Waals surface area contributed by atoms with E-state index in [0.717, 1.165) is 5.56 Å². The molecule has 2 N–H and O–H groups in total. The van der Waals surface area contributed by atoms with Gasteiger partial charge in [-0.1, -0.05) is 23.8 Å². The van der Waals surface area contributed by atoms with Gasteiger partial charge in [-0.2, -0.15) is 0 Å². The van der Waals surface area contributed by atoms with E-state index >= 15 is 0 Å². The summed E-state index contributed by atoms with van der Waals surface area (Å²) in [5, 5.41) is 7.57. The van der Waals surface area contributed by atoms with Crippen LogP contribution in [0.25, 0.3) is 0 Å². The van der Waals surface area contributed by atoms with E-state index in [0.29, 0.717) is 0 Å². The number of hydrogen-bond donors (Lipinski definition) is 1. The summed E-state index contributed by atoms with van der Waals surface area (Å²) < 4.78 is 31.2. The molecule has 1 aromatic heterocycles. The van der Waals surface area contributed by atoms with Gasteiger partial charge in [0.05, 0.1) is 4.90 Å². The molecule has 0 spiro atoms. The minimum absolute atomic E-state index is 0.178. The summed E-state index contributed by atoms with van der Waals surface area (Å²) in [6, 6.07) is 11.6. The smallest absolute Gasteiger partial charge is 0.166 e. The van der Waals surface area contributed by atoms with Gasteiger partial charge in [0.1, 0.15) is 10.1 Å². The Morgan fingerprint density at radius 3 is 1.80 bits per heavy atom. The molecule has 0 aliphatic heterocycles. The maximum absolute atomic E-state index is 10.4. The van der Waals surface area contributed by atoms with Crippen LogP contribution in [0.2, 0.25) is 0 Å². The molecule has 0 unspecified atom stereocenters. The van der Waals surface area contributed by atoms with Crippen LogP contribution in [0.3, 0.4) is 0 Å². The Hall–Kier alpha value is -1.76. The summed E-state index contributed by atoms with van der Waals surface area (Å²) in [5.41, 5.74) is 0.928. The van der Waals surface area contributed by atoms with Gasteiger partial charge in [0, 0.05) is 18.7 Å². The van der Waals surface area contributed by atoms with Gasteiger partial charge < -0.3 is 9.66 Å². The highest BCUT2D eigenvalue weighted by molar-refractivity contribution is 7.85. The molecule has 2 rings (SSSR count). The maximum Gasteiger partial charge on any atom is 0.166 e.